The van der Waals surface area contributed by atoms with E-state index in [4.69, 9.17) is 0 Å². The zero-order valence-corrected chi connectivity index (χ0v) is 3.81. The van der Waals surface area contributed by atoms with Gasteiger partial charge in [-0.05, 0) is 0 Å². The fraction of sp³-hybridized carbons (Fsp3) is 0. The highest BCUT2D eigenvalue weighted by atomic mass is 28.2. The van der Waals surface area contributed by atoms with E-state index in [9.17, 15) is 0 Å². The first-order chi connectivity index (χ1) is 2.50. The molecule has 0 aromatic carbocycles. The van der Waals surface area contributed by atoms with E-state index >= 15 is 0 Å². The van der Waals surface area contributed by atoms with Crippen molar-refractivity contribution in [1.82, 2.24) is 0 Å². The highest BCUT2D eigenvalue weighted by Crippen LogP contribution is 1.76. The Labute approximate surface area is 34.0 Å². The van der Waals surface area contributed by atoms with Gasteiger partial charge in [-0.3, -0.25) is 0 Å². The Kier molecular flexibility index (Phi) is 0.709. The average Bonchev–Trinajstić information content (AvgIpc) is 1.76. The van der Waals surface area contributed by atoms with Gasteiger partial charge in [-0.1, -0.05) is 0 Å². The van der Waals surface area contributed by atoms with Gasteiger partial charge in [0, 0.05) is 11.4 Å². The van der Waals surface area contributed by atoms with Crippen LogP contribution in [0, 0.1) is 6.42 Å². The highest BCUT2D eigenvalue weighted by molar-refractivity contribution is 6.55. The van der Waals surface area contributed by atoms with Crippen molar-refractivity contribution in [3.8, 4) is 0 Å². The second-order valence-corrected chi connectivity index (χ2v) is 1.88. The molecule has 0 atom stereocenters. The van der Waals surface area contributed by atoms with Crippen molar-refractivity contribution in [3.05, 3.63) is 18.2 Å². The standard InChI is InChI=1S/C4H4Si/c1-2-4-5-3-1/h1-4H/q+1. The van der Waals surface area contributed by atoms with Crippen LogP contribution in [0.25, 0.3) is 0 Å². The largest absolute Gasteiger partial charge is 0.210 e. The van der Waals surface area contributed by atoms with Crippen molar-refractivity contribution >= 4 is 14.8 Å². The van der Waals surface area contributed by atoms with Crippen LogP contribution < -0.4 is 0 Å². The molecule has 1 heterocycles. The maximum Gasteiger partial charge on any atom is 0.210 e. The van der Waals surface area contributed by atoms with Crippen molar-refractivity contribution in [2.24, 2.45) is 0 Å². The fourth-order valence-electron chi connectivity index (χ4n) is 0.278. The first kappa shape index (κ1) is 2.91. The van der Waals surface area contributed by atoms with Gasteiger partial charge in [-0.2, -0.15) is 0 Å². The van der Waals surface area contributed by atoms with Crippen LogP contribution in [-0.2, 0) is 0 Å². The third kappa shape index (κ3) is 0.483. The summed E-state index contributed by atoms with van der Waals surface area (Å²) in [6, 6.07) is 0. The molecule has 0 amide bonds. The molecule has 1 aliphatic heterocycles. The van der Waals surface area contributed by atoms with Crippen molar-refractivity contribution in [2.75, 3.05) is 0 Å². The molecule has 0 aromatic heterocycles. The van der Waals surface area contributed by atoms with E-state index in [-0.39, 0.29) is 0 Å². The van der Waals surface area contributed by atoms with Gasteiger partial charge >= 0.3 is 0 Å². The molecule has 0 aromatic rings. The van der Waals surface area contributed by atoms with E-state index in [2.05, 4.69) is 23.9 Å². The van der Waals surface area contributed by atoms with Crippen molar-refractivity contribution in [3.63, 3.8) is 0 Å². The number of allylic oxidation sites excluding steroid dienone is 1. The maximum atomic E-state index is 2.15. The van der Waals surface area contributed by atoms with E-state index in [1.54, 1.807) is 0 Å². The molecule has 1 radical (unpaired) electrons. The first-order valence-electron chi connectivity index (χ1n) is 1.58. The maximum absolute atomic E-state index is 2.15. The van der Waals surface area contributed by atoms with Gasteiger partial charge in [0.05, 0.1) is 12.5 Å². The SMILES string of the molecule is C1=C[Si]=C[CH+]1. The molecular formula is C4H4Si+. The van der Waals surface area contributed by atoms with E-state index in [0.29, 0.717) is 0 Å². The van der Waals surface area contributed by atoms with Crippen molar-refractivity contribution < 1.29 is 0 Å². The van der Waals surface area contributed by atoms with Gasteiger partial charge in [-0.25, -0.2) is 0 Å². The summed E-state index contributed by atoms with van der Waals surface area (Å²) in [4.78, 5) is 0. The van der Waals surface area contributed by atoms with Crippen LogP contribution in [0.4, 0.5) is 0 Å². The predicted molar refractivity (Wildman–Crippen MR) is 25.3 cm³/mol. The van der Waals surface area contributed by atoms with Gasteiger partial charge < -0.3 is 0 Å². The summed E-state index contributed by atoms with van der Waals surface area (Å²) in [6.07, 6.45) is 4.14. The third-order valence-corrected chi connectivity index (χ3v) is 1.27. The Hall–Kier alpha value is -0.303. The van der Waals surface area contributed by atoms with E-state index in [1.807, 2.05) is 0 Å². The van der Waals surface area contributed by atoms with Gasteiger partial charge in [0.2, 0.25) is 9.13 Å². The Bertz CT molecular complexity index is 61.7. The van der Waals surface area contributed by atoms with E-state index in [0.717, 1.165) is 9.13 Å². The first-order valence-corrected chi connectivity index (χ1v) is 2.73. The summed E-state index contributed by atoms with van der Waals surface area (Å²) in [5, 5.41) is 0. The summed E-state index contributed by atoms with van der Waals surface area (Å²) in [6.45, 7) is 0. The molecule has 0 nitrogen and oxygen atoms in total. The predicted octanol–water partition coefficient (Wildman–Crippen LogP) is 0.224. The zero-order chi connectivity index (χ0) is 3.54. The van der Waals surface area contributed by atoms with Crippen LogP contribution in [0.3, 0.4) is 0 Å². The van der Waals surface area contributed by atoms with Gasteiger partial charge in [0.1, 0.15) is 0 Å². The number of rotatable bonds is 0. The molecule has 23 valence electrons. The molecule has 0 bridgehead atoms. The smallest absolute Gasteiger partial charge is 0.0273 e. The highest BCUT2D eigenvalue weighted by Gasteiger charge is 1.86. The van der Waals surface area contributed by atoms with Crippen LogP contribution >= 0.6 is 0 Å². The van der Waals surface area contributed by atoms with Gasteiger partial charge in [0.15, 0.2) is 0 Å². The monoisotopic (exact) mass is 80.0 g/mol. The van der Waals surface area contributed by atoms with Crippen LogP contribution in [0.1, 0.15) is 0 Å². The van der Waals surface area contributed by atoms with Crippen LogP contribution in [-0.4, -0.2) is 14.8 Å². The number of hydrogen-bond acceptors (Lipinski definition) is 0. The molecular weight excluding hydrogens is 76.1 g/mol. The van der Waals surface area contributed by atoms with Crippen LogP contribution in [0.5, 0.6) is 0 Å². The van der Waals surface area contributed by atoms with E-state index in [1.165, 1.54) is 0 Å². The van der Waals surface area contributed by atoms with Gasteiger partial charge in [0.25, 0.3) is 0 Å². The van der Waals surface area contributed by atoms with Crippen LogP contribution in [0.2, 0.25) is 0 Å². The summed E-state index contributed by atoms with van der Waals surface area (Å²) in [7, 11) is 0.948. The zero-order valence-electron chi connectivity index (χ0n) is 2.81. The molecule has 0 saturated heterocycles. The Morgan fingerprint density at radius 2 is 2.60 bits per heavy atom. The normalized spacial score (nSPS) is 16.0. The lowest BCUT2D eigenvalue weighted by molar-refractivity contribution is 2.03. The topological polar surface area (TPSA) is 0 Å². The number of hydrogen-bond donors (Lipinski definition) is 0. The minimum atomic E-state index is 0.948. The lowest BCUT2D eigenvalue weighted by Crippen LogP contribution is -1.63. The van der Waals surface area contributed by atoms with Crippen molar-refractivity contribution in [2.45, 2.75) is 0 Å². The second-order valence-electron chi connectivity index (χ2n) is 0.885. The van der Waals surface area contributed by atoms with Gasteiger partial charge in [-0.15, -0.1) is 0 Å². The average molecular weight is 80.2 g/mol. The third-order valence-electron chi connectivity index (χ3n) is 0.496. The molecule has 1 rings (SSSR count). The molecule has 0 saturated carbocycles. The molecule has 5 heavy (non-hydrogen) atoms. The summed E-state index contributed by atoms with van der Waals surface area (Å²) in [5.41, 5.74) is 4.31. The lowest BCUT2D eigenvalue weighted by Gasteiger charge is -1.45. The molecule has 0 unspecified atom stereocenters. The molecule has 1 aliphatic rings. The van der Waals surface area contributed by atoms with Crippen LogP contribution in [0.15, 0.2) is 11.8 Å². The second kappa shape index (κ2) is 1.22. The lowest BCUT2D eigenvalue weighted by atomic mass is 10.5. The molecule has 0 aliphatic carbocycles. The van der Waals surface area contributed by atoms with Crippen molar-refractivity contribution in [1.29, 1.82) is 0 Å². The summed E-state index contributed by atoms with van der Waals surface area (Å²) >= 11 is 0. The van der Waals surface area contributed by atoms with E-state index < -0.39 is 0 Å². The summed E-state index contributed by atoms with van der Waals surface area (Å²) < 4.78 is 0. The molecule has 1 heteroatoms. The Morgan fingerprint density at radius 1 is 1.60 bits per heavy atom. The fourth-order valence-corrected chi connectivity index (χ4v) is 0.833. The minimum absolute atomic E-state index is 0.948. The molecule has 0 fully saturated rings. The quantitative estimate of drug-likeness (QED) is 0.288. The summed E-state index contributed by atoms with van der Waals surface area (Å²) in [5.74, 6) is 0. The minimum Gasteiger partial charge on any atom is 0.0273 e. The molecule has 0 spiro atoms. The Morgan fingerprint density at radius 3 is 2.80 bits per heavy atom. The Balaban J connectivity index is 2.61. The molecule has 0 N–H and O–H groups in total.